The Labute approximate surface area is 189 Å². The first-order valence-electron chi connectivity index (χ1n) is 10.1. The molecule has 2 atom stereocenters. The lowest BCUT2D eigenvalue weighted by molar-refractivity contribution is -0.384. The number of hydrogen-bond donors (Lipinski definition) is 0. The van der Waals surface area contributed by atoms with Crippen LogP contribution in [0.3, 0.4) is 0 Å². The molecule has 0 spiro atoms. The molecule has 0 radical (unpaired) electrons. The van der Waals surface area contributed by atoms with E-state index >= 15 is 0 Å². The summed E-state index contributed by atoms with van der Waals surface area (Å²) in [6.45, 7) is 1.83. The summed E-state index contributed by atoms with van der Waals surface area (Å²) in [5.41, 5.74) is 1.76. The Morgan fingerprint density at radius 2 is 1.72 bits per heavy atom. The summed E-state index contributed by atoms with van der Waals surface area (Å²) in [5, 5.41) is 13.5. The summed E-state index contributed by atoms with van der Waals surface area (Å²) >= 11 is 5.93. The van der Waals surface area contributed by atoms with Gasteiger partial charge in [-0.3, -0.25) is 24.5 Å². The predicted molar refractivity (Wildman–Crippen MR) is 116 cm³/mol. The van der Waals surface area contributed by atoms with Crippen molar-refractivity contribution < 1.29 is 19.3 Å². The molecule has 4 rings (SSSR count). The van der Waals surface area contributed by atoms with Crippen LogP contribution >= 0.6 is 11.6 Å². The standard InChI is InChI=1S/C23H20ClN3O5/c1-14-2-11-19-20(12-14)23(30)26(22(19)29)25(21(28)16-5-7-17(24)8-6-16)13-15-3-9-18(10-4-15)27(31)32/h2-10,19-20H,11-13H2,1H3/t19-,20-/m1/s1. The number of carbonyl (C=O) groups is 3. The molecule has 9 heteroatoms. The Kier molecular flexibility index (Phi) is 5.80. The minimum absolute atomic E-state index is 0.0924. The lowest BCUT2D eigenvalue weighted by Gasteiger charge is -2.30. The van der Waals surface area contributed by atoms with Gasteiger partial charge in [-0.2, -0.15) is 5.01 Å². The van der Waals surface area contributed by atoms with Crippen molar-refractivity contribution in [3.63, 3.8) is 0 Å². The lowest BCUT2D eigenvalue weighted by atomic mass is 9.82. The van der Waals surface area contributed by atoms with Crippen molar-refractivity contribution in [2.75, 3.05) is 0 Å². The predicted octanol–water partition coefficient (Wildman–Crippen LogP) is 4.15. The fraction of sp³-hybridized carbons (Fsp3) is 0.261. The molecule has 1 saturated heterocycles. The van der Waals surface area contributed by atoms with E-state index in [2.05, 4.69) is 0 Å². The third-order valence-electron chi connectivity index (χ3n) is 5.85. The van der Waals surface area contributed by atoms with Gasteiger partial charge in [-0.1, -0.05) is 35.4 Å². The molecule has 2 aromatic carbocycles. The van der Waals surface area contributed by atoms with Crippen LogP contribution < -0.4 is 0 Å². The fourth-order valence-corrected chi connectivity index (χ4v) is 4.25. The second-order valence-corrected chi connectivity index (χ2v) is 8.42. The fourth-order valence-electron chi connectivity index (χ4n) is 4.13. The zero-order valence-corrected chi connectivity index (χ0v) is 18.0. The number of benzene rings is 2. The third kappa shape index (κ3) is 4.01. The molecule has 0 saturated carbocycles. The monoisotopic (exact) mass is 453 g/mol. The molecule has 1 fully saturated rings. The number of rotatable bonds is 5. The van der Waals surface area contributed by atoms with E-state index in [1.165, 1.54) is 36.4 Å². The quantitative estimate of drug-likeness (QED) is 0.293. The minimum atomic E-state index is -0.537. The number of allylic oxidation sites excluding steroid dienone is 2. The van der Waals surface area contributed by atoms with Gasteiger partial charge in [0, 0.05) is 22.7 Å². The highest BCUT2D eigenvalue weighted by Crippen LogP contribution is 2.39. The van der Waals surface area contributed by atoms with E-state index < -0.39 is 34.5 Å². The Morgan fingerprint density at radius 1 is 1.09 bits per heavy atom. The van der Waals surface area contributed by atoms with Crippen molar-refractivity contribution >= 4 is 35.0 Å². The Bertz CT molecular complexity index is 1130. The first-order valence-corrected chi connectivity index (χ1v) is 10.5. The number of nitro benzene ring substituents is 1. The average Bonchev–Trinajstić information content (AvgIpc) is 3.02. The van der Waals surface area contributed by atoms with Gasteiger partial charge in [0.25, 0.3) is 23.4 Å². The molecule has 0 unspecified atom stereocenters. The van der Waals surface area contributed by atoms with Crippen LogP contribution in [0.15, 0.2) is 60.2 Å². The molecule has 3 amide bonds. The molecule has 164 valence electrons. The number of amides is 3. The zero-order valence-electron chi connectivity index (χ0n) is 17.2. The van der Waals surface area contributed by atoms with Crippen LogP contribution in [0.2, 0.25) is 5.02 Å². The van der Waals surface area contributed by atoms with Crippen molar-refractivity contribution in [1.82, 2.24) is 10.0 Å². The number of hydrazine groups is 1. The number of halogens is 1. The van der Waals surface area contributed by atoms with Gasteiger partial charge in [-0.25, -0.2) is 5.01 Å². The summed E-state index contributed by atoms with van der Waals surface area (Å²) in [6.07, 6.45) is 2.89. The highest BCUT2D eigenvalue weighted by Gasteiger charge is 2.51. The average molecular weight is 454 g/mol. The number of carbonyl (C=O) groups excluding carboxylic acids is 3. The maximum absolute atomic E-state index is 13.4. The largest absolute Gasteiger partial charge is 0.273 e. The SMILES string of the molecule is CC1=CC[C@H]2C(=O)N(N(Cc3ccc([N+](=O)[O-])cc3)C(=O)c3ccc(Cl)cc3)C(=O)[C@@H]2C1. The van der Waals surface area contributed by atoms with Gasteiger partial charge in [-0.05, 0) is 49.6 Å². The maximum Gasteiger partial charge on any atom is 0.273 e. The third-order valence-corrected chi connectivity index (χ3v) is 6.10. The number of nitrogens with zero attached hydrogens (tertiary/aromatic N) is 3. The van der Waals surface area contributed by atoms with E-state index in [0.717, 1.165) is 15.6 Å². The molecule has 1 aliphatic carbocycles. The van der Waals surface area contributed by atoms with E-state index in [0.29, 0.717) is 23.4 Å². The zero-order chi connectivity index (χ0) is 23.0. The number of hydrogen-bond acceptors (Lipinski definition) is 5. The van der Waals surface area contributed by atoms with Crippen molar-refractivity contribution in [1.29, 1.82) is 0 Å². The number of imide groups is 1. The number of fused-ring (bicyclic) bond motifs is 1. The molecule has 2 aliphatic rings. The molecular weight excluding hydrogens is 434 g/mol. The summed E-state index contributed by atoms with van der Waals surface area (Å²) in [5.74, 6) is -2.34. The molecule has 8 nitrogen and oxygen atoms in total. The lowest BCUT2D eigenvalue weighted by Crippen LogP contribution is -2.49. The van der Waals surface area contributed by atoms with Gasteiger partial charge in [0.15, 0.2) is 0 Å². The summed E-state index contributed by atoms with van der Waals surface area (Å²) in [4.78, 5) is 50.3. The Hall–Kier alpha value is -3.52. The van der Waals surface area contributed by atoms with Crippen molar-refractivity contribution in [3.05, 3.63) is 86.4 Å². The molecule has 2 aromatic rings. The molecule has 32 heavy (non-hydrogen) atoms. The van der Waals surface area contributed by atoms with Crippen LogP contribution in [0.4, 0.5) is 5.69 Å². The van der Waals surface area contributed by atoms with E-state index in [1.54, 1.807) is 12.1 Å². The molecule has 1 heterocycles. The summed E-state index contributed by atoms with van der Waals surface area (Å²) in [7, 11) is 0. The van der Waals surface area contributed by atoms with Crippen LogP contribution in [0.5, 0.6) is 0 Å². The van der Waals surface area contributed by atoms with Gasteiger partial charge < -0.3 is 0 Å². The second-order valence-electron chi connectivity index (χ2n) is 7.98. The highest BCUT2D eigenvalue weighted by atomic mass is 35.5. The summed E-state index contributed by atoms with van der Waals surface area (Å²) < 4.78 is 0. The first kappa shape index (κ1) is 21.7. The van der Waals surface area contributed by atoms with Gasteiger partial charge in [0.05, 0.1) is 23.3 Å². The van der Waals surface area contributed by atoms with Gasteiger partial charge in [0.1, 0.15) is 0 Å². The van der Waals surface area contributed by atoms with Crippen LogP contribution in [0, 0.1) is 22.0 Å². The van der Waals surface area contributed by atoms with Crippen LogP contribution in [0.25, 0.3) is 0 Å². The minimum Gasteiger partial charge on any atom is -0.272 e. The van der Waals surface area contributed by atoms with Crippen molar-refractivity contribution in [3.8, 4) is 0 Å². The maximum atomic E-state index is 13.4. The number of nitro groups is 1. The molecular formula is C23H20ClN3O5. The molecule has 0 N–H and O–H groups in total. The number of non-ortho nitro benzene ring substituents is 1. The van der Waals surface area contributed by atoms with Crippen LogP contribution in [-0.4, -0.2) is 32.7 Å². The molecule has 1 aliphatic heterocycles. The van der Waals surface area contributed by atoms with E-state index in [-0.39, 0.29) is 17.8 Å². The van der Waals surface area contributed by atoms with Crippen LogP contribution in [-0.2, 0) is 16.1 Å². The first-order chi connectivity index (χ1) is 15.3. The smallest absolute Gasteiger partial charge is 0.272 e. The Balaban J connectivity index is 1.69. The summed E-state index contributed by atoms with van der Waals surface area (Å²) in [6, 6.07) is 11.8. The van der Waals surface area contributed by atoms with Gasteiger partial charge in [0.2, 0.25) is 0 Å². The van der Waals surface area contributed by atoms with Crippen molar-refractivity contribution in [2.45, 2.75) is 26.3 Å². The van der Waals surface area contributed by atoms with E-state index in [1.807, 2.05) is 13.0 Å². The molecule has 0 aromatic heterocycles. The highest BCUT2D eigenvalue weighted by molar-refractivity contribution is 6.30. The van der Waals surface area contributed by atoms with Crippen LogP contribution in [0.1, 0.15) is 35.7 Å². The Morgan fingerprint density at radius 3 is 2.34 bits per heavy atom. The topological polar surface area (TPSA) is 101 Å². The molecule has 0 bridgehead atoms. The van der Waals surface area contributed by atoms with E-state index in [4.69, 9.17) is 11.6 Å². The van der Waals surface area contributed by atoms with Crippen molar-refractivity contribution in [2.24, 2.45) is 11.8 Å². The van der Waals surface area contributed by atoms with E-state index in [9.17, 15) is 24.5 Å². The van der Waals surface area contributed by atoms with Gasteiger partial charge in [-0.15, -0.1) is 0 Å². The van der Waals surface area contributed by atoms with Gasteiger partial charge >= 0.3 is 0 Å². The second kappa shape index (κ2) is 8.55. The normalized spacial score (nSPS) is 20.1.